The number of carboxylic acids is 1. The highest BCUT2D eigenvalue weighted by atomic mass is 32.2. The third-order valence-corrected chi connectivity index (χ3v) is 2.73. The Labute approximate surface area is 84.5 Å². The summed E-state index contributed by atoms with van der Waals surface area (Å²) in [7, 11) is 0. The second-order valence-electron chi connectivity index (χ2n) is 3.11. The zero-order valence-corrected chi connectivity index (χ0v) is 9.43. The van der Waals surface area contributed by atoms with Crippen molar-refractivity contribution >= 4 is 17.7 Å². The number of hydrogen-bond donors (Lipinski definition) is 1. The van der Waals surface area contributed by atoms with Crippen molar-refractivity contribution in [2.75, 3.05) is 25.1 Å². The van der Waals surface area contributed by atoms with E-state index in [2.05, 4.69) is 13.8 Å². The van der Waals surface area contributed by atoms with E-state index < -0.39 is 5.97 Å². The summed E-state index contributed by atoms with van der Waals surface area (Å²) in [6, 6.07) is 0.364. The van der Waals surface area contributed by atoms with E-state index in [1.807, 2.05) is 11.2 Å². The van der Waals surface area contributed by atoms with Gasteiger partial charge in [0.2, 0.25) is 0 Å². The molecular weight excluding hydrogens is 186 g/mol. The first-order chi connectivity index (χ1) is 6.11. The van der Waals surface area contributed by atoms with Crippen LogP contribution in [0.25, 0.3) is 0 Å². The fourth-order valence-corrected chi connectivity index (χ4v) is 1.51. The van der Waals surface area contributed by atoms with E-state index in [-0.39, 0.29) is 6.54 Å². The molecule has 1 unspecified atom stereocenters. The van der Waals surface area contributed by atoms with Crippen molar-refractivity contribution in [1.82, 2.24) is 4.90 Å². The van der Waals surface area contributed by atoms with Gasteiger partial charge in [0, 0.05) is 18.3 Å². The second-order valence-corrected chi connectivity index (χ2v) is 4.10. The summed E-state index contributed by atoms with van der Waals surface area (Å²) >= 11 is 1.75. The molecule has 0 radical (unpaired) electrons. The van der Waals surface area contributed by atoms with Crippen molar-refractivity contribution in [2.45, 2.75) is 26.3 Å². The smallest absolute Gasteiger partial charge is 0.317 e. The minimum atomic E-state index is -0.735. The molecule has 1 atom stereocenters. The van der Waals surface area contributed by atoms with Crippen LogP contribution in [-0.2, 0) is 4.79 Å². The van der Waals surface area contributed by atoms with Gasteiger partial charge in [0.05, 0.1) is 6.54 Å². The normalized spacial score (nSPS) is 13.2. The molecule has 0 aliphatic rings. The van der Waals surface area contributed by atoms with Crippen LogP contribution >= 0.6 is 11.8 Å². The van der Waals surface area contributed by atoms with Crippen LogP contribution < -0.4 is 0 Å². The molecule has 0 aromatic rings. The average Bonchev–Trinajstić information content (AvgIpc) is 2.10. The van der Waals surface area contributed by atoms with Gasteiger partial charge in [0.25, 0.3) is 0 Å². The summed E-state index contributed by atoms with van der Waals surface area (Å²) in [6.45, 7) is 5.18. The summed E-state index contributed by atoms with van der Waals surface area (Å²) in [4.78, 5) is 12.6. The Morgan fingerprint density at radius 2 is 2.23 bits per heavy atom. The maximum Gasteiger partial charge on any atom is 0.317 e. The Balaban J connectivity index is 3.94. The third kappa shape index (κ3) is 5.93. The summed E-state index contributed by atoms with van der Waals surface area (Å²) < 4.78 is 0. The monoisotopic (exact) mass is 205 g/mol. The van der Waals surface area contributed by atoms with Gasteiger partial charge < -0.3 is 5.11 Å². The van der Waals surface area contributed by atoms with E-state index in [4.69, 9.17) is 5.11 Å². The van der Waals surface area contributed by atoms with Crippen LogP contribution in [-0.4, -0.2) is 47.1 Å². The molecule has 0 heterocycles. The van der Waals surface area contributed by atoms with Crippen molar-refractivity contribution in [1.29, 1.82) is 0 Å². The molecule has 1 N–H and O–H groups in total. The molecule has 4 heteroatoms. The molecule has 0 spiro atoms. The number of carboxylic acid groups (broad SMARTS) is 1. The Hall–Kier alpha value is -0.220. The van der Waals surface area contributed by atoms with Crippen LogP contribution in [0.2, 0.25) is 0 Å². The highest BCUT2D eigenvalue weighted by Gasteiger charge is 2.14. The van der Waals surface area contributed by atoms with Gasteiger partial charge >= 0.3 is 5.97 Å². The number of carbonyl (C=O) groups is 1. The van der Waals surface area contributed by atoms with E-state index in [0.29, 0.717) is 6.04 Å². The van der Waals surface area contributed by atoms with E-state index in [9.17, 15) is 4.79 Å². The Morgan fingerprint density at radius 3 is 2.62 bits per heavy atom. The average molecular weight is 205 g/mol. The highest BCUT2D eigenvalue weighted by molar-refractivity contribution is 7.98. The largest absolute Gasteiger partial charge is 0.480 e. The van der Waals surface area contributed by atoms with Gasteiger partial charge in [-0.2, -0.15) is 11.8 Å². The van der Waals surface area contributed by atoms with E-state index in [1.165, 1.54) is 0 Å². The molecule has 0 saturated heterocycles. The summed E-state index contributed by atoms with van der Waals surface area (Å²) in [5, 5.41) is 8.68. The molecule has 0 rings (SSSR count). The lowest BCUT2D eigenvalue weighted by Crippen LogP contribution is -2.38. The fourth-order valence-electron chi connectivity index (χ4n) is 1.10. The first-order valence-corrected chi connectivity index (χ1v) is 5.96. The van der Waals surface area contributed by atoms with Gasteiger partial charge in [0.15, 0.2) is 0 Å². The molecule has 0 aliphatic heterocycles. The molecule has 0 saturated carbocycles. The molecule has 0 bridgehead atoms. The van der Waals surface area contributed by atoms with Gasteiger partial charge in [-0.3, -0.25) is 9.69 Å². The molecule has 78 valence electrons. The molecule has 0 aromatic heterocycles. The predicted molar refractivity (Wildman–Crippen MR) is 57.3 cm³/mol. The standard InChI is InChI=1S/C9H19NO2S/c1-4-8(2)10(5-6-13-3)7-9(11)12/h8H,4-7H2,1-3H3,(H,11,12). The minimum absolute atomic E-state index is 0.162. The number of aliphatic carboxylic acids is 1. The molecule has 3 nitrogen and oxygen atoms in total. The number of hydrogen-bond acceptors (Lipinski definition) is 3. The van der Waals surface area contributed by atoms with Crippen LogP contribution in [0.5, 0.6) is 0 Å². The summed E-state index contributed by atoms with van der Waals surface area (Å²) in [6.07, 6.45) is 3.04. The van der Waals surface area contributed by atoms with Gasteiger partial charge in [0.1, 0.15) is 0 Å². The molecule has 0 fully saturated rings. The van der Waals surface area contributed by atoms with Crippen molar-refractivity contribution in [3.8, 4) is 0 Å². The lowest BCUT2D eigenvalue weighted by Gasteiger charge is -2.26. The fraction of sp³-hybridized carbons (Fsp3) is 0.889. The van der Waals surface area contributed by atoms with Gasteiger partial charge in [-0.15, -0.1) is 0 Å². The maximum absolute atomic E-state index is 10.5. The lowest BCUT2D eigenvalue weighted by atomic mass is 10.2. The number of nitrogens with zero attached hydrogens (tertiary/aromatic N) is 1. The Bertz CT molecular complexity index is 153. The van der Waals surface area contributed by atoms with Crippen LogP contribution in [0, 0.1) is 0 Å². The topological polar surface area (TPSA) is 40.5 Å². The Kier molecular flexibility index (Phi) is 7.09. The molecular formula is C9H19NO2S. The van der Waals surface area contributed by atoms with E-state index in [0.717, 1.165) is 18.7 Å². The molecule has 0 aromatic carbocycles. The first-order valence-electron chi connectivity index (χ1n) is 4.56. The summed E-state index contributed by atoms with van der Waals surface area (Å²) in [5.41, 5.74) is 0. The molecule has 13 heavy (non-hydrogen) atoms. The quantitative estimate of drug-likeness (QED) is 0.684. The summed E-state index contributed by atoms with van der Waals surface area (Å²) in [5.74, 6) is 0.263. The molecule has 0 amide bonds. The molecule has 0 aliphatic carbocycles. The zero-order chi connectivity index (χ0) is 10.3. The van der Waals surface area contributed by atoms with Gasteiger partial charge in [-0.1, -0.05) is 6.92 Å². The maximum atomic E-state index is 10.5. The number of rotatable bonds is 7. The highest BCUT2D eigenvalue weighted by Crippen LogP contribution is 2.04. The van der Waals surface area contributed by atoms with Crippen LogP contribution in [0.3, 0.4) is 0 Å². The SMILES string of the molecule is CCC(C)N(CCSC)CC(=O)O. The van der Waals surface area contributed by atoms with Crippen molar-refractivity contribution in [3.05, 3.63) is 0 Å². The minimum Gasteiger partial charge on any atom is -0.480 e. The van der Waals surface area contributed by atoms with Crippen molar-refractivity contribution in [2.24, 2.45) is 0 Å². The zero-order valence-electron chi connectivity index (χ0n) is 8.62. The van der Waals surface area contributed by atoms with E-state index >= 15 is 0 Å². The van der Waals surface area contributed by atoms with Crippen LogP contribution in [0.15, 0.2) is 0 Å². The lowest BCUT2D eigenvalue weighted by molar-refractivity contribution is -0.138. The first kappa shape index (κ1) is 12.8. The van der Waals surface area contributed by atoms with Gasteiger partial charge in [-0.25, -0.2) is 0 Å². The van der Waals surface area contributed by atoms with Crippen LogP contribution in [0.1, 0.15) is 20.3 Å². The third-order valence-electron chi connectivity index (χ3n) is 2.14. The van der Waals surface area contributed by atoms with E-state index in [1.54, 1.807) is 11.8 Å². The predicted octanol–water partition coefficient (Wildman–Crippen LogP) is 1.53. The van der Waals surface area contributed by atoms with Crippen molar-refractivity contribution < 1.29 is 9.90 Å². The van der Waals surface area contributed by atoms with Gasteiger partial charge in [-0.05, 0) is 19.6 Å². The van der Waals surface area contributed by atoms with Crippen LogP contribution in [0.4, 0.5) is 0 Å². The Morgan fingerprint density at radius 1 is 1.62 bits per heavy atom. The van der Waals surface area contributed by atoms with Crippen molar-refractivity contribution in [3.63, 3.8) is 0 Å². The number of thioether (sulfide) groups is 1. The second kappa shape index (κ2) is 7.21.